The van der Waals surface area contributed by atoms with E-state index in [1.54, 1.807) is 6.07 Å². The molecule has 0 radical (unpaired) electrons. The molecule has 0 saturated heterocycles. The highest BCUT2D eigenvalue weighted by Gasteiger charge is 2.17. The van der Waals surface area contributed by atoms with Gasteiger partial charge in [0.15, 0.2) is 5.76 Å². The maximum Gasteiger partial charge on any atom is 0.266 e. The van der Waals surface area contributed by atoms with Crippen LogP contribution >= 0.6 is 0 Å². The number of rotatable bonds is 7. The van der Waals surface area contributed by atoms with Crippen molar-refractivity contribution in [3.63, 3.8) is 0 Å². The molecule has 1 N–H and O–H groups in total. The van der Waals surface area contributed by atoms with Gasteiger partial charge in [-0.2, -0.15) is 10.2 Å². The van der Waals surface area contributed by atoms with Gasteiger partial charge in [-0.3, -0.25) is 0 Å². The van der Waals surface area contributed by atoms with Crippen LogP contribution in [-0.2, 0) is 13.2 Å². The lowest BCUT2D eigenvalue weighted by Gasteiger charge is -2.08. The van der Waals surface area contributed by atoms with Crippen molar-refractivity contribution in [1.29, 1.82) is 5.26 Å². The summed E-state index contributed by atoms with van der Waals surface area (Å²) in [5.74, 6) is 2.48. The second-order valence-electron chi connectivity index (χ2n) is 6.97. The van der Waals surface area contributed by atoms with Crippen LogP contribution in [0.2, 0.25) is 0 Å². The SMILES string of the molecule is Cc1ccc(C)c(OCc2ccc(-c3nc(C#N)c(NCc4ccccc4)o3)o2)c1. The molecule has 2 heterocycles. The Labute approximate surface area is 174 Å². The molecule has 6 heteroatoms. The molecule has 0 unspecified atom stereocenters. The van der Waals surface area contributed by atoms with Gasteiger partial charge in [0.05, 0.1) is 0 Å². The number of nitrogens with zero attached hydrogens (tertiary/aromatic N) is 2. The Balaban J connectivity index is 1.45. The molecule has 0 aliphatic rings. The zero-order chi connectivity index (χ0) is 20.9. The van der Waals surface area contributed by atoms with Gasteiger partial charge in [-0.1, -0.05) is 42.5 Å². The molecule has 0 spiro atoms. The third kappa shape index (κ3) is 4.36. The molecule has 0 aliphatic carbocycles. The minimum absolute atomic E-state index is 0.186. The van der Waals surface area contributed by atoms with Crippen LogP contribution in [0.1, 0.15) is 28.1 Å². The molecule has 0 aliphatic heterocycles. The molecule has 0 atom stereocenters. The molecule has 0 fully saturated rings. The number of hydrogen-bond acceptors (Lipinski definition) is 6. The maximum atomic E-state index is 9.38. The quantitative estimate of drug-likeness (QED) is 0.434. The fraction of sp³-hybridized carbons (Fsp3) is 0.167. The summed E-state index contributed by atoms with van der Waals surface area (Å²) in [4.78, 5) is 4.24. The second kappa shape index (κ2) is 8.58. The Hall–Kier alpha value is -3.98. The Bertz CT molecular complexity index is 1190. The summed E-state index contributed by atoms with van der Waals surface area (Å²) in [5, 5.41) is 12.5. The normalized spacial score (nSPS) is 10.6. The summed E-state index contributed by atoms with van der Waals surface area (Å²) in [6, 6.07) is 21.5. The summed E-state index contributed by atoms with van der Waals surface area (Å²) in [7, 11) is 0. The van der Waals surface area contributed by atoms with Gasteiger partial charge in [0.25, 0.3) is 5.89 Å². The molecule has 4 rings (SSSR count). The van der Waals surface area contributed by atoms with Crippen molar-refractivity contribution in [3.8, 4) is 23.5 Å². The fourth-order valence-corrected chi connectivity index (χ4v) is 2.98. The van der Waals surface area contributed by atoms with Gasteiger partial charge < -0.3 is 18.9 Å². The average Bonchev–Trinajstić information content (AvgIpc) is 3.40. The first-order valence-electron chi connectivity index (χ1n) is 9.60. The Morgan fingerprint density at radius 2 is 1.87 bits per heavy atom. The standard InChI is InChI=1S/C24H21N3O3/c1-16-8-9-17(2)22(12-16)28-15-19-10-11-21(29-19)24-27-20(13-25)23(30-24)26-14-18-6-4-3-5-7-18/h3-12,26H,14-15H2,1-2H3. The predicted octanol–water partition coefficient (Wildman–Crippen LogP) is 5.61. The second-order valence-corrected chi connectivity index (χ2v) is 6.97. The zero-order valence-corrected chi connectivity index (χ0v) is 16.8. The van der Waals surface area contributed by atoms with E-state index in [2.05, 4.69) is 16.4 Å². The molecule has 2 aromatic carbocycles. The molecular weight excluding hydrogens is 378 g/mol. The van der Waals surface area contributed by atoms with Crippen LogP contribution in [0.4, 0.5) is 5.88 Å². The summed E-state index contributed by atoms with van der Waals surface area (Å²) in [6.07, 6.45) is 0. The van der Waals surface area contributed by atoms with E-state index >= 15 is 0 Å². The molecule has 30 heavy (non-hydrogen) atoms. The average molecular weight is 399 g/mol. The number of benzene rings is 2. The number of anilines is 1. The third-order valence-corrected chi connectivity index (χ3v) is 4.61. The molecule has 4 aromatic rings. The van der Waals surface area contributed by atoms with Gasteiger partial charge in [-0.05, 0) is 48.7 Å². The Kier molecular flexibility index (Phi) is 5.53. The van der Waals surface area contributed by atoms with E-state index in [0.717, 1.165) is 22.4 Å². The lowest BCUT2D eigenvalue weighted by atomic mass is 10.1. The molecule has 6 nitrogen and oxygen atoms in total. The van der Waals surface area contributed by atoms with Crippen LogP contribution in [0.3, 0.4) is 0 Å². The first kappa shape index (κ1) is 19.3. The van der Waals surface area contributed by atoms with Gasteiger partial charge >= 0.3 is 0 Å². The van der Waals surface area contributed by atoms with E-state index in [9.17, 15) is 5.26 Å². The summed E-state index contributed by atoms with van der Waals surface area (Å²) >= 11 is 0. The van der Waals surface area contributed by atoms with Crippen LogP contribution < -0.4 is 10.1 Å². The van der Waals surface area contributed by atoms with Crippen LogP contribution in [0.25, 0.3) is 11.7 Å². The van der Waals surface area contributed by atoms with E-state index in [1.807, 2.05) is 68.4 Å². The number of ether oxygens (including phenoxy) is 1. The topological polar surface area (TPSA) is 84.2 Å². The van der Waals surface area contributed by atoms with Crippen LogP contribution in [0.5, 0.6) is 5.75 Å². The monoisotopic (exact) mass is 399 g/mol. The van der Waals surface area contributed by atoms with Crippen LogP contribution in [0.15, 0.2) is 69.5 Å². The third-order valence-electron chi connectivity index (χ3n) is 4.61. The van der Waals surface area contributed by atoms with Crippen molar-refractivity contribution < 1.29 is 13.6 Å². The highest BCUT2D eigenvalue weighted by atomic mass is 16.5. The lowest BCUT2D eigenvalue weighted by Crippen LogP contribution is -1.99. The van der Waals surface area contributed by atoms with Gasteiger partial charge in [-0.15, -0.1) is 0 Å². The number of aromatic nitrogens is 1. The first-order chi connectivity index (χ1) is 14.6. The van der Waals surface area contributed by atoms with E-state index in [1.165, 1.54) is 0 Å². The number of nitriles is 1. The molecule has 150 valence electrons. The largest absolute Gasteiger partial charge is 0.485 e. The van der Waals surface area contributed by atoms with Crippen molar-refractivity contribution in [2.24, 2.45) is 0 Å². The van der Waals surface area contributed by atoms with E-state index in [0.29, 0.717) is 23.9 Å². The number of furan rings is 1. The number of oxazole rings is 1. The summed E-state index contributed by atoms with van der Waals surface area (Å²) in [5.41, 5.74) is 3.46. The molecular formula is C24H21N3O3. The van der Waals surface area contributed by atoms with E-state index in [4.69, 9.17) is 13.6 Å². The minimum Gasteiger partial charge on any atom is -0.485 e. The van der Waals surface area contributed by atoms with Crippen LogP contribution in [-0.4, -0.2) is 4.98 Å². The van der Waals surface area contributed by atoms with Gasteiger partial charge in [-0.25, -0.2) is 0 Å². The minimum atomic E-state index is 0.186. The van der Waals surface area contributed by atoms with Crippen molar-refractivity contribution >= 4 is 5.88 Å². The smallest absolute Gasteiger partial charge is 0.266 e. The number of aryl methyl sites for hydroxylation is 2. The van der Waals surface area contributed by atoms with Gasteiger partial charge in [0.1, 0.15) is 24.2 Å². The molecule has 0 bridgehead atoms. The van der Waals surface area contributed by atoms with Crippen molar-refractivity contribution in [3.05, 3.63) is 88.8 Å². The Morgan fingerprint density at radius 3 is 2.67 bits per heavy atom. The molecule has 0 amide bonds. The van der Waals surface area contributed by atoms with Crippen molar-refractivity contribution in [2.45, 2.75) is 27.0 Å². The highest BCUT2D eigenvalue weighted by Crippen LogP contribution is 2.28. The van der Waals surface area contributed by atoms with Crippen LogP contribution in [0, 0.1) is 25.2 Å². The maximum absolute atomic E-state index is 9.38. The number of hydrogen-bond donors (Lipinski definition) is 1. The highest BCUT2D eigenvalue weighted by molar-refractivity contribution is 5.54. The summed E-state index contributed by atoms with van der Waals surface area (Å²) < 4.78 is 17.4. The predicted molar refractivity (Wildman–Crippen MR) is 113 cm³/mol. The van der Waals surface area contributed by atoms with Crippen molar-refractivity contribution in [1.82, 2.24) is 4.98 Å². The molecule has 2 aromatic heterocycles. The van der Waals surface area contributed by atoms with Gasteiger partial charge in [0, 0.05) is 6.54 Å². The Morgan fingerprint density at radius 1 is 1.03 bits per heavy atom. The van der Waals surface area contributed by atoms with Gasteiger partial charge in [0.2, 0.25) is 11.6 Å². The lowest BCUT2D eigenvalue weighted by molar-refractivity contribution is 0.269. The van der Waals surface area contributed by atoms with E-state index < -0.39 is 0 Å². The number of nitrogens with one attached hydrogen (secondary N) is 1. The molecule has 0 saturated carbocycles. The summed E-state index contributed by atoms with van der Waals surface area (Å²) in [6.45, 7) is 4.84. The first-order valence-corrected chi connectivity index (χ1v) is 9.60. The zero-order valence-electron chi connectivity index (χ0n) is 16.8. The van der Waals surface area contributed by atoms with Crippen molar-refractivity contribution in [2.75, 3.05) is 5.32 Å². The fourth-order valence-electron chi connectivity index (χ4n) is 2.98. The van der Waals surface area contributed by atoms with E-state index in [-0.39, 0.29) is 18.2 Å².